The van der Waals surface area contributed by atoms with Crippen molar-refractivity contribution < 1.29 is 4.74 Å². The van der Waals surface area contributed by atoms with Crippen LogP contribution >= 0.6 is 22.6 Å². The van der Waals surface area contributed by atoms with E-state index >= 15 is 0 Å². The van der Waals surface area contributed by atoms with Gasteiger partial charge < -0.3 is 9.30 Å². The molecule has 1 heterocycles. The largest absolute Gasteiger partial charge is 0.492 e. The summed E-state index contributed by atoms with van der Waals surface area (Å²) < 4.78 is 9.33. The van der Waals surface area contributed by atoms with Crippen molar-refractivity contribution in [3.63, 3.8) is 0 Å². The monoisotopic (exact) mass is 519 g/mol. The molecule has 31 heavy (non-hydrogen) atoms. The van der Waals surface area contributed by atoms with Gasteiger partial charge in [0.1, 0.15) is 12.4 Å². The summed E-state index contributed by atoms with van der Waals surface area (Å²) in [5, 5.41) is 0. The third kappa shape index (κ3) is 5.47. The summed E-state index contributed by atoms with van der Waals surface area (Å²) in [6, 6.07) is 32.1. The molecule has 4 rings (SSSR count). The van der Waals surface area contributed by atoms with Crippen LogP contribution in [0.25, 0.3) is 11.1 Å². The number of allylic oxidation sites excluding steroid dienone is 1. The molecule has 0 aliphatic carbocycles. The maximum atomic E-state index is 5.97. The Morgan fingerprint density at radius 2 is 1.35 bits per heavy atom. The molecule has 0 saturated carbocycles. The molecule has 0 atom stereocenters. The predicted octanol–water partition coefficient (Wildman–Crippen LogP) is 7.54. The first-order valence-electron chi connectivity index (χ1n) is 10.6. The lowest BCUT2D eigenvalue weighted by molar-refractivity contribution is 0.298. The summed E-state index contributed by atoms with van der Waals surface area (Å²) in [5.41, 5.74) is 6.35. The minimum atomic E-state index is 0.651. The highest BCUT2D eigenvalue weighted by Gasteiger charge is 2.13. The molecule has 4 aromatic rings. The molecule has 0 amide bonds. The summed E-state index contributed by atoms with van der Waals surface area (Å²) in [5.74, 6) is 0.899. The topological polar surface area (TPSA) is 14.2 Å². The van der Waals surface area contributed by atoms with Crippen molar-refractivity contribution in [3.05, 3.63) is 124 Å². The second-order valence-electron chi connectivity index (χ2n) is 7.37. The van der Waals surface area contributed by atoms with Crippen molar-refractivity contribution in [1.82, 2.24) is 4.57 Å². The molecular formula is C28H26INO. The Morgan fingerprint density at radius 3 is 1.97 bits per heavy atom. The lowest BCUT2D eigenvalue weighted by Crippen LogP contribution is -2.06. The van der Waals surface area contributed by atoms with E-state index in [1.165, 1.54) is 31.4 Å². The number of aromatic nitrogens is 1. The smallest absolute Gasteiger partial charge is 0.119 e. The lowest BCUT2D eigenvalue weighted by atomic mass is 9.88. The van der Waals surface area contributed by atoms with Crippen LogP contribution in [0.4, 0.5) is 0 Å². The van der Waals surface area contributed by atoms with Gasteiger partial charge in [0.25, 0.3) is 0 Å². The number of hydrogen-bond acceptors (Lipinski definition) is 1. The highest BCUT2D eigenvalue weighted by molar-refractivity contribution is 14.1. The van der Waals surface area contributed by atoms with Gasteiger partial charge in [-0.3, -0.25) is 0 Å². The molecule has 0 radical (unpaired) electrons. The number of hydrogen-bond donors (Lipinski definition) is 0. The maximum absolute atomic E-state index is 5.97. The van der Waals surface area contributed by atoms with Crippen LogP contribution < -0.4 is 4.74 Å². The fraction of sp³-hybridized carbons (Fsp3) is 0.143. The molecule has 1 aromatic heterocycles. The van der Waals surface area contributed by atoms with Crippen molar-refractivity contribution in [2.75, 3.05) is 6.61 Å². The van der Waals surface area contributed by atoms with Crippen molar-refractivity contribution in [2.24, 2.45) is 0 Å². The van der Waals surface area contributed by atoms with Crippen LogP contribution in [0.2, 0.25) is 0 Å². The zero-order chi connectivity index (χ0) is 21.5. The molecule has 0 unspecified atom stereocenters. The van der Waals surface area contributed by atoms with Gasteiger partial charge in [-0.05, 0) is 93.2 Å². The Balaban J connectivity index is 1.65. The molecule has 2 nitrogen and oxygen atoms in total. The molecule has 0 N–H and O–H groups in total. The van der Waals surface area contributed by atoms with E-state index in [-0.39, 0.29) is 0 Å². The van der Waals surface area contributed by atoms with Gasteiger partial charge in [0.2, 0.25) is 0 Å². The summed E-state index contributed by atoms with van der Waals surface area (Å²) in [7, 11) is 0. The Kier molecular flexibility index (Phi) is 7.26. The van der Waals surface area contributed by atoms with Gasteiger partial charge in [-0.25, -0.2) is 0 Å². The fourth-order valence-electron chi connectivity index (χ4n) is 3.80. The van der Waals surface area contributed by atoms with E-state index in [1.54, 1.807) is 0 Å². The molecule has 0 bridgehead atoms. The van der Waals surface area contributed by atoms with E-state index in [9.17, 15) is 0 Å². The molecule has 3 aromatic carbocycles. The third-order valence-corrected chi connectivity index (χ3v) is 6.06. The summed E-state index contributed by atoms with van der Waals surface area (Å²) in [4.78, 5) is 0. The zero-order valence-corrected chi connectivity index (χ0v) is 19.8. The number of ether oxygens (including phenoxy) is 1. The highest BCUT2D eigenvalue weighted by Crippen LogP contribution is 2.35. The van der Waals surface area contributed by atoms with Crippen LogP contribution in [-0.4, -0.2) is 11.2 Å². The normalized spacial score (nSPS) is 11.8. The van der Waals surface area contributed by atoms with Crippen LogP contribution in [0.5, 0.6) is 5.75 Å². The van der Waals surface area contributed by atoms with Gasteiger partial charge in [0.05, 0.1) is 6.54 Å². The van der Waals surface area contributed by atoms with Gasteiger partial charge in [-0.2, -0.15) is 0 Å². The molecule has 0 spiro atoms. The van der Waals surface area contributed by atoms with Crippen molar-refractivity contribution in [1.29, 1.82) is 0 Å². The number of nitrogens with zero attached hydrogens (tertiary/aromatic N) is 1. The summed E-state index contributed by atoms with van der Waals surface area (Å²) >= 11 is 2.36. The van der Waals surface area contributed by atoms with E-state index in [1.807, 2.05) is 12.1 Å². The lowest BCUT2D eigenvalue weighted by Gasteiger charge is -2.17. The molecule has 0 aliphatic rings. The Labute approximate surface area is 198 Å². The van der Waals surface area contributed by atoms with E-state index in [0.717, 1.165) is 18.7 Å². The van der Waals surface area contributed by atoms with Gasteiger partial charge >= 0.3 is 0 Å². The first kappa shape index (κ1) is 21.4. The SMILES string of the molecule is CCC(=C(c1ccc(I)cc1)c1ccc(OCCn2cccc2)cc1)c1ccccc1. The third-order valence-electron chi connectivity index (χ3n) is 5.34. The molecule has 0 saturated heterocycles. The van der Waals surface area contributed by atoms with Gasteiger partial charge in [-0.1, -0.05) is 61.5 Å². The second kappa shape index (κ2) is 10.5. The first-order valence-corrected chi connectivity index (χ1v) is 11.7. The minimum absolute atomic E-state index is 0.651. The molecular weight excluding hydrogens is 493 g/mol. The average molecular weight is 519 g/mol. The van der Waals surface area contributed by atoms with Crippen LogP contribution in [-0.2, 0) is 6.54 Å². The Bertz CT molecular complexity index is 1110. The zero-order valence-electron chi connectivity index (χ0n) is 17.7. The molecule has 0 aliphatic heterocycles. The van der Waals surface area contributed by atoms with Crippen LogP contribution in [0.1, 0.15) is 30.0 Å². The average Bonchev–Trinajstić information content (AvgIpc) is 3.33. The standard InChI is InChI=1S/C28H26INO/c1-2-27(22-8-4-3-5-9-22)28(23-10-14-25(29)15-11-23)24-12-16-26(17-13-24)31-21-20-30-18-6-7-19-30/h3-19H,2,20-21H2,1H3. The van der Waals surface area contributed by atoms with Crippen LogP contribution in [0, 0.1) is 3.57 Å². The minimum Gasteiger partial charge on any atom is -0.492 e. The molecule has 3 heteroatoms. The van der Waals surface area contributed by atoms with E-state index in [2.05, 4.69) is 125 Å². The van der Waals surface area contributed by atoms with Crippen LogP contribution in [0.15, 0.2) is 103 Å². The Morgan fingerprint density at radius 1 is 0.742 bits per heavy atom. The number of benzene rings is 3. The van der Waals surface area contributed by atoms with E-state index in [0.29, 0.717) is 6.61 Å². The van der Waals surface area contributed by atoms with Crippen molar-refractivity contribution >= 4 is 33.7 Å². The molecule has 156 valence electrons. The van der Waals surface area contributed by atoms with E-state index < -0.39 is 0 Å². The summed E-state index contributed by atoms with van der Waals surface area (Å²) in [6.45, 7) is 3.72. The summed E-state index contributed by atoms with van der Waals surface area (Å²) in [6.07, 6.45) is 5.07. The quantitative estimate of drug-likeness (QED) is 0.173. The van der Waals surface area contributed by atoms with Gasteiger partial charge in [-0.15, -0.1) is 0 Å². The highest BCUT2D eigenvalue weighted by atomic mass is 127. The van der Waals surface area contributed by atoms with Crippen molar-refractivity contribution in [2.45, 2.75) is 19.9 Å². The van der Waals surface area contributed by atoms with Crippen LogP contribution in [0.3, 0.4) is 0 Å². The van der Waals surface area contributed by atoms with E-state index in [4.69, 9.17) is 4.74 Å². The van der Waals surface area contributed by atoms with Crippen molar-refractivity contribution in [3.8, 4) is 5.75 Å². The molecule has 0 fully saturated rings. The Hall–Kier alpha value is -2.79. The van der Waals surface area contributed by atoms with Gasteiger partial charge in [0.15, 0.2) is 0 Å². The maximum Gasteiger partial charge on any atom is 0.119 e. The fourth-order valence-corrected chi connectivity index (χ4v) is 4.16. The second-order valence-corrected chi connectivity index (χ2v) is 8.62. The first-order chi connectivity index (χ1) is 15.2. The number of rotatable bonds is 8. The predicted molar refractivity (Wildman–Crippen MR) is 138 cm³/mol. The number of halogens is 1. The van der Waals surface area contributed by atoms with Gasteiger partial charge in [0, 0.05) is 16.0 Å².